The molecule has 0 saturated carbocycles. The molecule has 0 radical (unpaired) electrons. The summed E-state index contributed by atoms with van der Waals surface area (Å²) in [6.45, 7) is 2.78. The van der Waals surface area contributed by atoms with Crippen molar-refractivity contribution < 1.29 is 4.79 Å². The molecule has 1 heterocycles. The number of para-hydroxylation sites is 1. The zero-order valence-corrected chi connectivity index (χ0v) is 11.2. The second-order valence-corrected chi connectivity index (χ2v) is 6.28. The summed E-state index contributed by atoms with van der Waals surface area (Å²) in [5, 5.41) is 2.78. The molecule has 0 bridgehead atoms. The number of carbonyl (C=O) groups is 1. The van der Waals surface area contributed by atoms with Crippen LogP contribution in [0.15, 0.2) is 35.3 Å². The van der Waals surface area contributed by atoms with Crippen molar-refractivity contribution in [1.29, 1.82) is 0 Å². The highest BCUT2D eigenvalue weighted by molar-refractivity contribution is 8.39. The van der Waals surface area contributed by atoms with Gasteiger partial charge in [-0.3, -0.25) is 9.79 Å². The van der Waals surface area contributed by atoms with Gasteiger partial charge in [0.2, 0.25) is 5.91 Å². The Balaban J connectivity index is 1.87. The van der Waals surface area contributed by atoms with Gasteiger partial charge in [0.15, 0.2) is 0 Å². The average Bonchev–Trinajstić information content (AvgIpc) is 2.83. The van der Waals surface area contributed by atoms with Crippen LogP contribution >= 0.6 is 23.5 Å². The maximum atomic E-state index is 11.9. The van der Waals surface area contributed by atoms with Gasteiger partial charge in [0, 0.05) is 11.4 Å². The molecule has 1 atom stereocenters. The van der Waals surface area contributed by atoms with Gasteiger partial charge in [-0.15, -0.1) is 0 Å². The molecule has 1 aliphatic rings. The molecular weight excluding hydrogens is 252 g/mol. The highest BCUT2D eigenvalue weighted by atomic mass is 32.2. The number of amides is 1. The van der Waals surface area contributed by atoms with Crippen LogP contribution in [-0.2, 0) is 4.79 Å². The molecule has 2 rings (SSSR count). The van der Waals surface area contributed by atoms with E-state index in [-0.39, 0.29) is 11.2 Å². The molecule has 0 aromatic heterocycles. The lowest BCUT2D eigenvalue weighted by atomic mass is 10.3. The van der Waals surface area contributed by atoms with Gasteiger partial charge < -0.3 is 5.32 Å². The minimum absolute atomic E-state index is 0.0244. The molecule has 0 aliphatic carbocycles. The van der Waals surface area contributed by atoms with E-state index in [4.69, 9.17) is 0 Å². The molecule has 0 saturated heterocycles. The number of rotatable bonds is 3. The first-order chi connectivity index (χ1) is 8.25. The van der Waals surface area contributed by atoms with Gasteiger partial charge in [-0.1, -0.05) is 41.7 Å². The first-order valence-corrected chi connectivity index (χ1v) is 7.32. The largest absolute Gasteiger partial charge is 0.325 e. The highest BCUT2D eigenvalue weighted by Gasteiger charge is 2.18. The molecule has 17 heavy (non-hydrogen) atoms. The van der Waals surface area contributed by atoms with Gasteiger partial charge in [0.1, 0.15) is 4.38 Å². The molecule has 1 aliphatic heterocycles. The monoisotopic (exact) mass is 266 g/mol. The van der Waals surface area contributed by atoms with Gasteiger partial charge in [-0.25, -0.2) is 0 Å². The predicted octanol–water partition coefficient (Wildman–Crippen LogP) is 2.85. The number of thioether (sulfide) groups is 2. The van der Waals surface area contributed by atoms with Crippen molar-refractivity contribution in [2.75, 3.05) is 17.6 Å². The molecule has 0 fully saturated rings. The van der Waals surface area contributed by atoms with Gasteiger partial charge in [-0.05, 0) is 19.1 Å². The standard InChI is InChI=1S/C12H14N2OS2/c1-9(17-12-13-7-8-16-12)11(15)14-10-5-3-2-4-6-10/h2-6,9H,7-8H2,1H3,(H,14,15). The minimum atomic E-state index is -0.112. The van der Waals surface area contributed by atoms with E-state index in [2.05, 4.69) is 10.3 Å². The molecule has 1 N–H and O–H groups in total. The average molecular weight is 266 g/mol. The van der Waals surface area contributed by atoms with E-state index in [0.29, 0.717) is 0 Å². The van der Waals surface area contributed by atoms with Crippen LogP contribution in [-0.4, -0.2) is 27.8 Å². The summed E-state index contributed by atoms with van der Waals surface area (Å²) >= 11 is 3.26. The Bertz CT molecular complexity index is 420. The third-order valence-electron chi connectivity index (χ3n) is 2.25. The van der Waals surface area contributed by atoms with Crippen molar-refractivity contribution in [3.8, 4) is 0 Å². The molecule has 1 aromatic carbocycles. The van der Waals surface area contributed by atoms with Gasteiger partial charge >= 0.3 is 0 Å². The molecule has 3 nitrogen and oxygen atoms in total. The maximum absolute atomic E-state index is 11.9. The van der Waals surface area contributed by atoms with Gasteiger partial charge in [-0.2, -0.15) is 0 Å². The van der Waals surface area contributed by atoms with Crippen molar-refractivity contribution in [2.24, 2.45) is 4.99 Å². The van der Waals surface area contributed by atoms with E-state index in [1.165, 1.54) is 11.8 Å². The summed E-state index contributed by atoms with van der Waals surface area (Å²) in [6, 6.07) is 9.51. The van der Waals surface area contributed by atoms with E-state index in [1.807, 2.05) is 37.3 Å². The van der Waals surface area contributed by atoms with Crippen LogP contribution in [0.3, 0.4) is 0 Å². The van der Waals surface area contributed by atoms with E-state index in [0.717, 1.165) is 22.4 Å². The fraction of sp³-hybridized carbons (Fsp3) is 0.333. The second kappa shape index (κ2) is 6.12. The third-order valence-corrected chi connectivity index (χ3v) is 4.55. The van der Waals surface area contributed by atoms with Crippen LogP contribution in [0.25, 0.3) is 0 Å². The number of hydrogen-bond acceptors (Lipinski definition) is 4. The van der Waals surface area contributed by atoms with Crippen LogP contribution in [0.2, 0.25) is 0 Å². The Morgan fingerprint density at radius 2 is 2.24 bits per heavy atom. The van der Waals surface area contributed by atoms with Crippen LogP contribution in [0.4, 0.5) is 5.69 Å². The van der Waals surface area contributed by atoms with Crippen LogP contribution < -0.4 is 5.32 Å². The Kier molecular flexibility index (Phi) is 4.50. The summed E-state index contributed by atoms with van der Waals surface area (Å²) in [5.41, 5.74) is 0.839. The molecule has 90 valence electrons. The van der Waals surface area contributed by atoms with Crippen molar-refractivity contribution in [3.63, 3.8) is 0 Å². The van der Waals surface area contributed by atoms with E-state index < -0.39 is 0 Å². The highest BCUT2D eigenvalue weighted by Crippen LogP contribution is 2.26. The lowest BCUT2D eigenvalue weighted by Crippen LogP contribution is -2.23. The molecule has 1 amide bonds. The number of carbonyl (C=O) groups excluding carboxylic acids is 1. The lowest BCUT2D eigenvalue weighted by molar-refractivity contribution is -0.115. The first kappa shape index (κ1) is 12.5. The number of anilines is 1. The number of hydrogen-bond donors (Lipinski definition) is 1. The molecule has 0 spiro atoms. The Labute approximate surface area is 109 Å². The fourth-order valence-corrected chi connectivity index (χ4v) is 3.49. The number of benzene rings is 1. The maximum Gasteiger partial charge on any atom is 0.237 e. The SMILES string of the molecule is CC(SC1=NCCS1)C(=O)Nc1ccccc1. The lowest BCUT2D eigenvalue weighted by Gasteiger charge is -2.11. The zero-order valence-electron chi connectivity index (χ0n) is 9.55. The number of aliphatic imine (C=N–C) groups is 1. The summed E-state index contributed by atoms with van der Waals surface area (Å²) in [4.78, 5) is 16.2. The van der Waals surface area contributed by atoms with Crippen molar-refractivity contribution in [2.45, 2.75) is 12.2 Å². The summed E-state index contributed by atoms with van der Waals surface area (Å²) in [7, 11) is 0. The number of nitrogens with zero attached hydrogens (tertiary/aromatic N) is 1. The molecule has 1 aromatic rings. The Morgan fingerprint density at radius 1 is 1.47 bits per heavy atom. The van der Waals surface area contributed by atoms with Crippen molar-refractivity contribution in [3.05, 3.63) is 30.3 Å². The zero-order chi connectivity index (χ0) is 12.1. The van der Waals surface area contributed by atoms with E-state index in [1.54, 1.807) is 11.8 Å². The first-order valence-electron chi connectivity index (χ1n) is 5.45. The normalized spacial score (nSPS) is 16.4. The molecule has 5 heteroatoms. The minimum Gasteiger partial charge on any atom is -0.325 e. The van der Waals surface area contributed by atoms with E-state index in [9.17, 15) is 4.79 Å². The topological polar surface area (TPSA) is 41.5 Å². The van der Waals surface area contributed by atoms with Crippen molar-refractivity contribution in [1.82, 2.24) is 0 Å². The quantitative estimate of drug-likeness (QED) is 0.914. The summed E-state index contributed by atoms with van der Waals surface area (Å²) in [5.74, 6) is 1.06. The molecule has 1 unspecified atom stereocenters. The smallest absolute Gasteiger partial charge is 0.237 e. The Morgan fingerprint density at radius 3 is 2.88 bits per heavy atom. The van der Waals surface area contributed by atoms with Crippen LogP contribution in [0, 0.1) is 0 Å². The van der Waals surface area contributed by atoms with Gasteiger partial charge in [0.05, 0.1) is 11.8 Å². The van der Waals surface area contributed by atoms with Crippen molar-refractivity contribution >= 4 is 39.5 Å². The molecular formula is C12H14N2OS2. The van der Waals surface area contributed by atoms with E-state index >= 15 is 0 Å². The van der Waals surface area contributed by atoms with Crippen LogP contribution in [0.5, 0.6) is 0 Å². The summed E-state index contributed by atoms with van der Waals surface area (Å²) < 4.78 is 1.03. The predicted molar refractivity (Wildman–Crippen MR) is 76.9 cm³/mol. The Hall–Kier alpha value is -0.940. The van der Waals surface area contributed by atoms with Gasteiger partial charge in [0.25, 0.3) is 0 Å². The third kappa shape index (κ3) is 3.78. The second-order valence-electron chi connectivity index (χ2n) is 3.61. The number of nitrogens with one attached hydrogen (secondary N) is 1. The van der Waals surface area contributed by atoms with Crippen LogP contribution in [0.1, 0.15) is 6.92 Å². The fourth-order valence-electron chi connectivity index (χ4n) is 1.36. The summed E-state index contributed by atoms with van der Waals surface area (Å²) in [6.07, 6.45) is 0.